The third-order valence-electron chi connectivity index (χ3n) is 15.8. The highest BCUT2D eigenvalue weighted by molar-refractivity contribution is 5.71. The van der Waals surface area contributed by atoms with Gasteiger partial charge in [0, 0.05) is 19.3 Å². The van der Waals surface area contributed by atoms with E-state index in [0.717, 1.165) is 83.5 Å². The minimum Gasteiger partial charge on any atom is -0.462 e. The van der Waals surface area contributed by atoms with Gasteiger partial charge in [0.05, 0.1) is 0 Å². The summed E-state index contributed by atoms with van der Waals surface area (Å²) in [7, 11) is 0. The molecule has 0 rings (SSSR count). The molecule has 0 amide bonds. The summed E-state index contributed by atoms with van der Waals surface area (Å²) in [6.07, 6.45) is 88.4. The van der Waals surface area contributed by atoms with E-state index in [-0.39, 0.29) is 31.1 Å². The summed E-state index contributed by atoms with van der Waals surface area (Å²) in [5.74, 6) is -0.908. The normalized spacial score (nSPS) is 12.4. The van der Waals surface area contributed by atoms with Crippen molar-refractivity contribution in [1.82, 2.24) is 0 Å². The van der Waals surface area contributed by atoms with Crippen LogP contribution in [0.4, 0.5) is 0 Å². The number of carbonyl (C=O) groups is 3. The first kappa shape index (κ1) is 77.1. The fraction of sp³-hybridized carbons (Fsp3) is 0.824. The number of allylic oxidation sites excluding steroid dienone is 10. The molecule has 6 heteroatoms. The lowest BCUT2D eigenvalue weighted by Gasteiger charge is -2.18. The smallest absolute Gasteiger partial charge is 0.306 e. The molecule has 1 atom stereocenters. The van der Waals surface area contributed by atoms with Crippen molar-refractivity contribution in [1.29, 1.82) is 0 Å². The maximum Gasteiger partial charge on any atom is 0.306 e. The van der Waals surface area contributed by atoms with Crippen molar-refractivity contribution in [2.45, 2.75) is 380 Å². The molecule has 6 nitrogen and oxygen atoms in total. The molecule has 0 aliphatic rings. The fourth-order valence-electron chi connectivity index (χ4n) is 10.5. The van der Waals surface area contributed by atoms with Crippen LogP contribution >= 0.6 is 0 Å². The first-order valence-electron chi connectivity index (χ1n) is 35.3. The third-order valence-corrected chi connectivity index (χ3v) is 15.8. The van der Waals surface area contributed by atoms with Crippen molar-refractivity contribution in [3.8, 4) is 0 Å². The molecule has 0 aromatic heterocycles. The molecular weight excluding hydrogens is 985 g/mol. The fourth-order valence-corrected chi connectivity index (χ4v) is 10.5. The Kier molecular flexibility index (Phi) is 66.1. The average molecular weight is 1120 g/mol. The van der Waals surface area contributed by atoms with Crippen LogP contribution in [0.3, 0.4) is 0 Å². The lowest BCUT2D eigenvalue weighted by atomic mass is 10.0. The van der Waals surface area contributed by atoms with Crippen LogP contribution in [-0.4, -0.2) is 37.2 Å². The van der Waals surface area contributed by atoms with Gasteiger partial charge >= 0.3 is 17.9 Å². The summed E-state index contributed by atoms with van der Waals surface area (Å²) in [6.45, 7) is 6.55. The molecule has 0 saturated carbocycles. The van der Waals surface area contributed by atoms with Gasteiger partial charge in [-0.3, -0.25) is 14.4 Å². The minimum absolute atomic E-state index is 0.0846. The van der Waals surface area contributed by atoms with E-state index < -0.39 is 6.10 Å². The van der Waals surface area contributed by atoms with Crippen molar-refractivity contribution >= 4 is 17.9 Å². The first-order valence-corrected chi connectivity index (χ1v) is 35.3. The first-order chi connectivity index (χ1) is 39.5. The van der Waals surface area contributed by atoms with E-state index in [1.54, 1.807) is 0 Å². The summed E-state index contributed by atoms with van der Waals surface area (Å²) < 4.78 is 16.9. The zero-order valence-corrected chi connectivity index (χ0v) is 53.6. The summed E-state index contributed by atoms with van der Waals surface area (Å²) >= 11 is 0. The van der Waals surface area contributed by atoms with E-state index in [9.17, 15) is 14.4 Å². The van der Waals surface area contributed by atoms with Gasteiger partial charge < -0.3 is 14.2 Å². The number of hydrogen-bond acceptors (Lipinski definition) is 6. The van der Waals surface area contributed by atoms with Gasteiger partial charge in [-0.25, -0.2) is 0 Å². The molecule has 0 heterocycles. The molecule has 0 fully saturated rings. The molecule has 0 aliphatic carbocycles. The van der Waals surface area contributed by atoms with Crippen LogP contribution < -0.4 is 0 Å². The van der Waals surface area contributed by atoms with E-state index in [2.05, 4.69) is 81.5 Å². The Morgan fingerprint density at radius 3 is 0.800 bits per heavy atom. The molecule has 1 unspecified atom stereocenters. The maximum absolute atomic E-state index is 12.9. The highest BCUT2D eigenvalue weighted by atomic mass is 16.6. The Hall–Kier alpha value is -2.89. The lowest BCUT2D eigenvalue weighted by molar-refractivity contribution is -0.167. The molecule has 0 N–H and O–H groups in total. The second kappa shape index (κ2) is 68.6. The highest BCUT2D eigenvalue weighted by Gasteiger charge is 2.19. The molecule has 0 aromatic carbocycles. The predicted molar refractivity (Wildman–Crippen MR) is 348 cm³/mol. The van der Waals surface area contributed by atoms with E-state index in [0.29, 0.717) is 19.3 Å². The summed E-state index contributed by atoms with van der Waals surface area (Å²) in [5, 5.41) is 0. The van der Waals surface area contributed by atoms with E-state index in [1.807, 2.05) is 0 Å². The second-order valence-electron chi connectivity index (χ2n) is 23.8. The Labute approximate surface area is 498 Å². The number of unbranched alkanes of at least 4 members (excludes halogenated alkanes) is 44. The van der Waals surface area contributed by atoms with Gasteiger partial charge in [-0.15, -0.1) is 0 Å². The molecule has 0 radical (unpaired) electrons. The van der Waals surface area contributed by atoms with Crippen molar-refractivity contribution in [3.05, 3.63) is 60.8 Å². The molecule has 0 aliphatic heterocycles. The zero-order chi connectivity index (χ0) is 57.8. The largest absolute Gasteiger partial charge is 0.462 e. The third kappa shape index (κ3) is 65.9. The van der Waals surface area contributed by atoms with Crippen molar-refractivity contribution in [3.63, 3.8) is 0 Å². The molecule has 0 saturated heterocycles. The van der Waals surface area contributed by atoms with Gasteiger partial charge in [-0.1, -0.05) is 332 Å². The van der Waals surface area contributed by atoms with Gasteiger partial charge in [-0.2, -0.15) is 0 Å². The van der Waals surface area contributed by atoms with Crippen LogP contribution in [0.5, 0.6) is 0 Å². The molecule has 80 heavy (non-hydrogen) atoms. The second-order valence-corrected chi connectivity index (χ2v) is 23.8. The highest BCUT2D eigenvalue weighted by Crippen LogP contribution is 2.18. The number of hydrogen-bond donors (Lipinski definition) is 0. The van der Waals surface area contributed by atoms with Gasteiger partial charge in [-0.05, 0) is 83.5 Å². The Bertz CT molecular complexity index is 1430. The standard InChI is InChI=1S/C74H134O6/c1-4-7-10-13-16-19-22-25-28-30-32-33-34-35-36-37-38-39-40-42-43-46-49-52-55-58-61-64-67-73(76)79-70-71(69-78-72(75)66-63-60-57-54-51-48-45-27-24-21-18-15-12-9-6-3)80-74(77)68-65-62-59-56-53-50-47-44-41-31-29-26-23-20-17-14-11-8-5-2/h9,12,18,21,26-27,29,45,51,54,71H,4-8,10-11,13-17,19-20,22-25,28,30-44,46-50,52-53,55-70H2,1-3H3/b12-9-,21-18-,29-26-,45-27-,54-51-. The molecule has 466 valence electrons. The molecule has 0 aromatic rings. The van der Waals surface area contributed by atoms with E-state index in [4.69, 9.17) is 14.2 Å². The molecule has 0 bridgehead atoms. The van der Waals surface area contributed by atoms with Crippen LogP contribution in [-0.2, 0) is 28.6 Å². The van der Waals surface area contributed by atoms with Crippen LogP contribution in [0, 0.1) is 0 Å². The summed E-state index contributed by atoms with van der Waals surface area (Å²) in [6, 6.07) is 0. The van der Waals surface area contributed by atoms with Crippen molar-refractivity contribution in [2.24, 2.45) is 0 Å². The maximum atomic E-state index is 12.9. The van der Waals surface area contributed by atoms with Gasteiger partial charge in [0.25, 0.3) is 0 Å². The number of ether oxygens (including phenoxy) is 3. The monoisotopic (exact) mass is 1120 g/mol. The number of rotatable bonds is 65. The lowest BCUT2D eigenvalue weighted by Crippen LogP contribution is -2.30. The molecule has 0 spiro atoms. The van der Waals surface area contributed by atoms with Gasteiger partial charge in [0.1, 0.15) is 13.2 Å². The van der Waals surface area contributed by atoms with Crippen LogP contribution in [0.1, 0.15) is 374 Å². The van der Waals surface area contributed by atoms with Crippen LogP contribution in [0.15, 0.2) is 60.8 Å². The van der Waals surface area contributed by atoms with Crippen molar-refractivity contribution < 1.29 is 28.6 Å². The van der Waals surface area contributed by atoms with Gasteiger partial charge in [0.15, 0.2) is 6.10 Å². The predicted octanol–water partition coefficient (Wildman–Crippen LogP) is 24.3. The average Bonchev–Trinajstić information content (AvgIpc) is 3.46. The number of esters is 3. The van der Waals surface area contributed by atoms with Crippen LogP contribution in [0.25, 0.3) is 0 Å². The zero-order valence-electron chi connectivity index (χ0n) is 53.6. The number of carbonyl (C=O) groups excluding carboxylic acids is 3. The van der Waals surface area contributed by atoms with Gasteiger partial charge in [0.2, 0.25) is 0 Å². The van der Waals surface area contributed by atoms with E-state index in [1.165, 1.54) is 250 Å². The topological polar surface area (TPSA) is 78.9 Å². The SMILES string of the molecule is CC/C=C\C/C=C\C/C=C\C/C=C\CCCCC(=O)OCC(COC(=O)CCCCCCCCCCCCCCCCCCCCCCCCCCCCCC)OC(=O)CCCCCCCCCCC/C=C\CCCCCCCC. The molecular formula is C74H134O6. The minimum atomic E-state index is -0.792. The summed E-state index contributed by atoms with van der Waals surface area (Å²) in [5.41, 5.74) is 0. The Balaban J connectivity index is 4.26. The Morgan fingerprint density at radius 1 is 0.263 bits per heavy atom. The van der Waals surface area contributed by atoms with Crippen LogP contribution in [0.2, 0.25) is 0 Å². The Morgan fingerprint density at radius 2 is 0.487 bits per heavy atom. The summed E-state index contributed by atoms with van der Waals surface area (Å²) in [4.78, 5) is 38.4. The van der Waals surface area contributed by atoms with E-state index >= 15 is 0 Å². The quantitative estimate of drug-likeness (QED) is 0.0261. The van der Waals surface area contributed by atoms with Crippen molar-refractivity contribution in [2.75, 3.05) is 13.2 Å².